The summed E-state index contributed by atoms with van der Waals surface area (Å²) in [5.41, 5.74) is 0.690. The lowest BCUT2D eigenvalue weighted by Crippen LogP contribution is -2.21. The van der Waals surface area contributed by atoms with Gasteiger partial charge >= 0.3 is 0 Å². The van der Waals surface area contributed by atoms with Crippen LogP contribution in [0.2, 0.25) is 0 Å². The summed E-state index contributed by atoms with van der Waals surface area (Å²) in [6, 6.07) is 4.36. The molecule has 1 aromatic heterocycles. The molecule has 0 saturated heterocycles. The van der Waals surface area contributed by atoms with Gasteiger partial charge in [-0.15, -0.1) is 5.10 Å². The first-order chi connectivity index (χ1) is 9.22. The number of benzene rings is 1. The zero-order chi connectivity index (χ0) is 13.7. The van der Waals surface area contributed by atoms with Gasteiger partial charge in [0.2, 0.25) is 0 Å². The van der Waals surface area contributed by atoms with Gasteiger partial charge in [0.15, 0.2) is 5.82 Å². The van der Waals surface area contributed by atoms with E-state index in [1.807, 2.05) is 0 Å². The fraction of sp³-hybridized carbons (Fsp3) is 0.364. The lowest BCUT2D eigenvalue weighted by atomic mass is 10.3. The summed E-state index contributed by atoms with van der Waals surface area (Å²) >= 11 is 3.30. The molecule has 0 bridgehead atoms. The third kappa shape index (κ3) is 3.55. The average molecular weight is 330 g/mol. The largest absolute Gasteiger partial charge is 0.383 e. The lowest BCUT2D eigenvalue weighted by molar-refractivity contribution is 0.199. The summed E-state index contributed by atoms with van der Waals surface area (Å²) in [6.45, 7) is 1.82. The third-order valence-corrected chi connectivity index (χ3v) is 3.07. The number of tetrazole rings is 1. The van der Waals surface area contributed by atoms with Gasteiger partial charge < -0.3 is 10.1 Å². The Bertz CT molecular complexity index is 548. The van der Waals surface area contributed by atoms with E-state index in [4.69, 9.17) is 4.74 Å². The first kappa shape index (κ1) is 14.0. The molecule has 0 atom stereocenters. The molecule has 102 valence electrons. The zero-order valence-corrected chi connectivity index (χ0v) is 11.9. The highest BCUT2D eigenvalue weighted by atomic mass is 79.9. The number of aromatic nitrogens is 4. The molecule has 1 N–H and O–H groups in total. The van der Waals surface area contributed by atoms with Crippen molar-refractivity contribution in [2.75, 3.05) is 20.3 Å². The van der Waals surface area contributed by atoms with Crippen molar-refractivity contribution in [2.45, 2.75) is 6.54 Å². The maximum Gasteiger partial charge on any atom is 0.170 e. The van der Waals surface area contributed by atoms with Crippen LogP contribution in [0.25, 0.3) is 5.69 Å². The Morgan fingerprint density at radius 3 is 3.05 bits per heavy atom. The van der Waals surface area contributed by atoms with Crippen LogP contribution >= 0.6 is 15.9 Å². The number of hydrogen-bond donors (Lipinski definition) is 1. The summed E-state index contributed by atoms with van der Waals surface area (Å²) in [6.07, 6.45) is 0. The second kappa shape index (κ2) is 6.69. The summed E-state index contributed by atoms with van der Waals surface area (Å²) in [7, 11) is 1.64. The molecule has 0 radical (unpaired) electrons. The number of halogens is 2. The monoisotopic (exact) mass is 329 g/mol. The van der Waals surface area contributed by atoms with Crippen molar-refractivity contribution in [3.05, 3.63) is 34.3 Å². The van der Waals surface area contributed by atoms with E-state index in [2.05, 4.69) is 36.8 Å². The second-order valence-electron chi connectivity index (χ2n) is 3.77. The van der Waals surface area contributed by atoms with Crippen molar-refractivity contribution in [1.29, 1.82) is 0 Å². The van der Waals surface area contributed by atoms with Crippen molar-refractivity contribution >= 4 is 15.9 Å². The summed E-state index contributed by atoms with van der Waals surface area (Å²) in [5.74, 6) is 0.326. The van der Waals surface area contributed by atoms with Crippen LogP contribution in [0.5, 0.6) is 0 Å². The van der Waals surface area contributed by atoms with Gasteiger partial charge in [-0.2, -0.15) is 4.68 Å². The quantitative estimate of drug-likeness (QED) is 0.809. The summed E-state index contributed by atoms with van der Waals surface area (Å²) < 4.78 is 20.2. The SMILES string of the molecule is COCCNCc1nnnn1-c1ccc(F)cc1Br. The minimum Gasteiger partial charge on any atom is -0.383 e. The number of nitrogens with zero attached hydrogens (tertiary/aromatic N) is 4. The maximum absolute atomic E-state index is 13.1. The van der Waals surface area contributed by atoms with Crippen LogP contribution < -0.4 is 5.32 Å². The minimum atomic E-state index is -0.316. The molecule has 8 heteroatoms. The van der Waals surface area contributed by atoms with Crippen LogP contribution in [0.4, 0.5) is 4.39 Å². The molecule has 0 aliphatic heterocycles. The van der Waals surface area contributed by atoms with Gasteiger partial charge in [0, 0.05) is 18.1 Å². The van der Waals surface area contributed by atoms with Gasteiger partial charge in [-0.3, -0.25) is 0 Å². The highest BCUT2D eigenvalue weighted by molar-refractivity contribution is 9.10. The molecular formula is C11H13BrFN5O. The number of ether oxygens (including phenoxy) is 1. The first-order valence-corrected chi connectivity index (χ1v) is 6.44. The van der Waals surface area contributed by atoms with Crippen LogP contribution in [0.15, 0.2) is 22.7 Å². The van der Waals surface area contributed by atoms with E-state index in [-0.39, 0.29) is 5.82 Å². The highest BCUT2D eigenvalue weighted by Gasteiger charge is 2.11. The van der Waals surface area contributed by atoms with Gasteiger partial charge in [-0.1, -0.05) is 0 Å². The van der Waals surface area contributed by atoms with E-state index in [0.29, 0.717) is 35.7 Å². The number of hydrogen-bond acceptors (Lipinski definition) is 5. The molecule has 0 aliphatic carbocycles. The number of rotatable bonds is 6. The lowest BCUT2D eigenvalue weighted by Gasteiger charge is -2.07. The fourth-order valence-corrected chi connectivity index (χ4v) is 2.05. The van der Waals surface area contributed by atoms with Gasteiger partial charge in [-0.25, -0.2) is 4.39 Å². The normalized spacial score (nSPS) is 10.9. The van der Waals surface area contributed by atoms with Crippen molar-refractivity contribution in [1.82, 2.24) is 25.5 Å². The van der Waals surface area contributed by atoms with Gasteiger partial charge in [-0.05, 0) is 44.6 Å². The predicted octanol–water partition coefficient (Wildman–Crippen LogP) is 1.30. The molecule has 0 fully saturated rings. The van der Waals surface area contributed by atoms with Crippen LogP contribution in [0, 0.1) is 5.82 Å². The molecular weight excluding hydrogens is 317 g/mol. The van der Waals surface area contributed by atoms with Crippen molar-refractivity contribution in [2.24, 2.45) is 0 Å². The van der Waals surface area contributed by atoms with Crippen molar-refractivity contribution in [3.8, 4) is 5.69 Å². The van der Waals surface area contributed by atoms with E-state index >= 15 is 0 Å². The van der Waals surface area contributed by atoms with Crippen molar-refractivity contribution < 1.29 is 9.13 Å². The van der Waals surface area contributed by atoms with E-state index < -0.39 is 0 Å². The Balaban J connectivity index is 2.14. The van der Waals surface area contributed by atoms with Crippen molar-refractivity contribution in [3.63, 3.8) is 0 Å². The van der Waals surface area contributed by atoms with Gasteiger partial charge in [0.05, 0.1) is 18.8 Å². The van der Waals surface area contributed by atoms with E-state index in [0.717, 1.165) is 0 Å². The Kier molecular flexibility index (Phi) is 4.94. The molecule has 0 unspecified atom stereocenters. The fourth-order valence-electron chi connectivity index (χ4n) is 1.53. The zero-order valence-electron chi connectivity index (χ0n) is 10.3. The molecule has 1 aromatic carbocycles. The topological polar surface area (TPSA) is 64.9 Å². The van der Waals surface area contributed by atoms with Gasteiger partial charge in [0.1, 0.15) is 5.82 Å². The van der Waals surface area contributed by atoms with Crippen LogP contribution in [0.3, 0.4) is 0 Å². The molecule has 0 amide bonds. The Labute approximate surface area is 118 Å². The Morgan fingerprint density at radius 2 is 2.32 bits per heavy atom. The van der Waals surface area contributed by atoms with Crippen LogP contribution in [0.1, 0.15) is 5.82 Å². The molecule has 19 heavy (non-hydrogen) atoms. The maximum atomic E-state index is 13.1. The molecule has 0 spiro atoms. The molecule has 1 heterocycles. The van der Waals surface area contributed by atoms with Crippen LogP contribution in [-0.2, 0) is 11.3 Å². The van der Waals surface area contributed by atoms with Crippen LogP contribution in [-0.4, -0.2) is 40.5 Å². The van der Waals surface area contributed by atoms with E-state index in [1.165, 1.54) is 12.1 Å². The minimum absolute atomic E-state index is 0.316. The first-order valence-electron chi connectivity index (χ1n) is 5.64. The smallest absolute Gasteiger partial charge is 0.170 e. The molecule has 0 aliphatic rings. The molecule has 0 saturated carbocycles. The average Bonchev–Trinajstić information content (AvgIpc) is 2.83. The molecule has 2 aromatic rings. The number of methoxy groups -OCH3 is 1. The second-order valence-corrected chi connectivity index (χ2v) is 4.63. The highest BCUT2D eigenvalue weighted by Crippen LogP contribution is 2.21. The van der Waals surface area contributed by atoms with E-state index in [9.17, 15) is 4.39 Å². The number of nitrogens with one attached hydrogen (secondary N) is 1. The summed E-state index contributed by atoms with van der Waals surface area (Å²) in [4.78, 5) is 0. The molecule has 2 rings (SSSR count). The predicted molar refractivity (Wildman–Crippen MR) is 70.4 cm³/mol. The van der Waals surface area contributed by atoms with E-state index in [1.54, 1.807) is 17.9 Å². The summed E-state index contributed by atoms with van der Waals surface area (Å²) in [5, 5.41) is 14.6. The third-order valence-electron chi connectivity index (χ3n) is 2.44. The Hall–Kier alpha value is -1.38. The standard InChI is InChI=1S/C11H13BrFN5O/c1-19-5-4-14-7-11-15-16-17-18(11)10-3-2-8(13)6-9(10)12/h2-3,6,14H,4-5,7H2,1H3. The molecule has 6 nitrogen and oxygen atoms in total. The Morgan fingerprint density at radius 1 is 1.47 bits per heavy atom. The van der Waals surface area contributed by atoms with Gasteiger partial charge in [0.25, 0.3) is 0 Å².